The van der Waals surface area contributed by atoms with E-state index in [2.05, 4.69) is 6.08 Å². The highest BCUT2D eigenvalue weighted by Crippen LogP contribution is 2.34. The molecule has 2 aliphatic carbocycles. The lowest BCUT2D eigenvalue weighted by Crippen LogP contribution is -2.12. The van der Waals surface area contributed by atoms with Crippen molar-refractivity contribution in [3.63, 3.8) is 0 Å². The third kappa shape index (κ3) is 1.96. The maximum atomic E-state index is 9.71. The Balaban J connectivity index is 2.08. The van der Waals surface area contributed by atoms with Gasteiger partial charge in [-0.1, -0.05) is 25.3 Å². The summed E-state index contributed by atoms with van der Waals surface area (Å²) < 4.78 is 0. The second-order valence-corrected chi connectivity index (χ2v) is 4.19. The molecule has 0 heterocycles. The lowest BCUT2D eigenvalue weighted by Gasteiger charge is -2.26. The molecule has 1 heteroatoms. The van der Waals surface area contributed by atoms with Crippen molar-refractivity contribution < 1.29 is 5.11 Å². The zero-order valence-corrected chi connectivity index (χ0v) is 8.13. The molecule has 2 rings (SSSR count). The van der Waals surface area contributed by atoms with Crippen LogP contribution in [-0.2, 0) is 0 Å². The molecule has 1 N–H and O–H groups in total. The highest BCUT2D eigenvalue weighted by molar-refractivity contribution is 5.25. The van der Waals surface area contributed by atoms with E-state index >= 15 is 0 Å². The molecule has 0 amide bonds. The quantitative estimate of drug-likeness (QED) is 0.648. The monoisotopic (exact) mass is 178 g/mol. The summed E-state index contributed by atoms with van der Waals surface area (Å²) in [5.74, 6) is 1.26. The van der Waals surface area contributed by atoms with Crippen LogP contribution in [0.2, 0.25) is 0 Å². The smallest absolute Gasteiger partial charge is 0.114 e. The summed E-state index contributed by atoms with van der Waals surface area (Å²) >= 11 is 0. The van der Waals surface area contributed by atoms with Gasteiger partial charge in [0.2, 0.25) is 0 Å². The lowest BCUT2D eigenvalue weighted by atomic mass is 9.80. The Morgan fingerprint density at radius 2 is 1.92 bits per heavy atom. The van der Waals surface area contributed by atoms with Gasteiger partial charge in [0.25, 0.3) is 0 Å². The normalized spacial score (nSPS) is 25.2. The molecule has 0 atom stereocenters. The minimum absolute atomic E-state index is 0.568. The Bertz CT molecular complexity index is 232. The highest BCUT2D eigenvalue weighted by Gasteiger charge is 2.20. The van der Waals surface area contributed by atoms with E-state index in [1.165, 1.54) is 37.7 Å². The number of aliphatic hydroxyl groups is 1. The first-order valence-electron chi connectivity index (χ1n) is 5.46. The molecule has 0 saturated heterocycles. The van der Waals surface area contributed by atoms with Gasteiger partial charge in [0.15, 0.2) is 0 Å². The van der Waals surface area contributed by atoms with Gasteiger partial charge in [0.1, 0.15) is 5.76 Å². The Kier molecular flexibility index (Phi) is 2.72. The van der Waals surface area contributed by atoms with Crippen LogP contribution in [0.25, 0.3) is 0 Å². The molecule has 0 aromatic carbocycles. The predicted molar refractivity (Wildman–Crippen MR) is 54.6 cm³/mol. The SMILES string of the molecule is OC1=C(C2CCCCC2)CCC=C1. The maximum Gasteiger partial charge on any atom is 0.114 e. The maximum absolute atomic E-state index is 9.71. The largest absolute Gasteiger partial charge is 0.508 e. The van der Waals surface area contributed by atoms with Crippen molar-refractivity contribution in [3.05, 3.63) is 23.5 Å². The van der Waals surface area contributed by atoms with Crippen molar-refractivity contribution in [1.82, 2.24) is 0 Å². The van der Waals surface area contributed by atoms with Gasteiger partial charge >= 0.3 is 0 Å². The Hall–Kier alpha value is -0.720. The molecule has 2 aliphatic rings. The molecule has 1 fully saturated rings. The van der Waals surface area contributed by atoms with E-state index in [0.717, 1.165) is 12.8 Å². The van der Waals surface area contributed by atoms with Crippen molar-refractivity contribution in [2.45, 2.75) is 44.9 Å². The summed E-state index contributed by atoms with van der Waals surface area (Å²) in [5, 5.41) is 9.71. The first-order chi connectivity index (χ1) is 6.38. The topological polar surface area (TPSA) is 20.2 Å². The van der Waals surface area contributed by atoms with Gasteiger partial charge in [-0.2, -0.15) is 0 Å². The lowest BCUT2D eigenvalue weighted by molar-refractivity contribution is 0.356. The zero-order chi connectivity index (χ0) is 9.10. The molecule has 0 aromatic rings. The van der Waals surface area contributed by atoms with E-state index in [1.54, 1.807) is 0 Å². The molecule has 1 saturated carbocycles. The molecule has 0 aromatic heterocycles. The van der Waals surface area contributed by atoms with Gasteiger partial charge in [-0.25, -0.2) is 0 Å². The second-order valence-electron chi connectivity index (χ2n) is 4.19. The average molecular weight is 178 g/mol. The van der Waals surface area contributed by atoms with Crippen LogP contribution in [0.4, 0.5) is 0 Å². The van der Waals surface area contributed by atoms with E-state index in [4.69, 9.17) is 0 Å². The van der Waals surface area contributed by atoms with E-state index in [9.17, 15) is 5.11 Å². The Morgan fingerprint density at radius 1 is 1.15 bits per heavy atom. The van der Waals surface area contributed by atoms with Crippen molar-refractivity contribution in [1.29, 1.82) is 0 Å². The molecular weight excluding hydrogens is 160 g/mol. The summed E-state index contributed by atoms with van der Waals surface area (Å²) in [4.78, 5) is 0. The number of hydrogen-bond acceptors (Lipinski definition) is 1. The molecule has 0 unspecified atom stereocenters. The van der Waals surface area contributed by atoms with Crippen molar-refractivity contribution in [2.24, 2.45) is 5.92 Å². The Labute approximate surface area is 80.2 Å². The van der Waals surface area contributed by atoms with Crippen LogP contribution in [0, 0.1) is 5.92 Å². The van der Waals surface area contributed by atoms with Crippen LogP contribution in [-0.4, -0.2) is 5.11 Å². The molecule has 1 nitrogen and oxygen atoms in total. The minimum Gasteiger partial charge on any atom is -0.508 e. The number of rotatable bonds is 1. The van der Waals surface area contributed by atoms with Crippen LogP contribution in [0.5, 0.6) is 0 Å². The van der Waals surface area contributed by atoms with Gasteiger partial charge in [-0.05, 0) is 43.3 Å². The van der Waals surface area contributed by atoms with Gasteiger partial charge in [0.05, 0.1) is 0 Å². The molecule has 72 valence electrons. The summed E-state index contributed by atoms with van der Waals surface area (Å²) in [7, 11) is 0. The van der Waals surface area contributed by atoms with E-state index in [1.807, 2.05) is 6.08 Å². The first kappa shape index (κ1) is 8.86. The van der Waals surface area contributed by atoms with E-state index < -0.39 is 0 Å². The van der Waals surface area contributed by atoms with Gasteiger partial charge < -0.3 is 5.11 Å². The van der Waals surface area contributed by atoms with Crippen LogP contribution >= 0.6 is 0 Å². The molecule has 0 spiro atoms. The summed E-state index contributed by atoms with van der Waals surface area (Å²) in [6.45, 7) is 0. The minimum atomic E-state index is 0.568. The fourth-order valence-corrected chi connectivity index (χ4v) is 2.53. The third-order valence-corrected chi connectivity index (χ3v) is 3.28. The van der Waals surface area contributed by atoms with E-state index in [0.29, 0.717) is 11.7 Å². The van der Waals surface area contributed by atoms with Gasteiger partial charge in [-0.15, -0.1) is 0 Å². The molecule has 0 bridgehead atoms. The number of aliphatic hydroxyl groups excluding tert-OH is 1. The number of allylic oxidation sites excluding steroid dienone is 3. The van der Waals surface area contributed by atoms with Crippen molar-refractivity contribution in [2.75, 3.05) is 0 Å². The predicted octanol–water partition coefficient (Wildman–Crippen LogP) is 3.73. The van der Waals surface area contributed by atoms with Crippen LogP contribution in [0.15, 0.2) is 23.5 Å². The van der Waals surface area contributed by atoms with Crippen LogP contribution < -0.4 is 0 Å². The molecule has 13 heavy (non-hydrogen) atoms. The van der Waals surface area contributed by atoms with Gasteiger partial charge in [0, 0.05) is 0 Å². The zero-order valence-electron chi connectivity index (χ0n) is 8.13. The fourth-order valence-electron chi connectivity index (χ4n) is 2.53. The second kappa shape index (κ2) is 3.99. The average Bonchev–Trinajstić information content (AvgIpc) is 2.20. The highest BCUT2D eigenvalue weighted by atomic mass is 16.3. The molecular formula is C12H18O. The third-order valence-electron chi connectivity index (χ3n) is 3.28. The summed E-state index contributed by atoms with van der Waals surface area (Å²) in [6.07, 6.45) is 12.9. The van der Waals surface area contributed by atoms with Crippen LogP contribution in [0.1, 0.15) is 44.9 Å². The van der Waals surface area contributed by atoms with Crippen molar-refractivity contribution >= 4 is 0 Å². The van der Waals surface area contributed by atoms with Gasteiger partial charge in [-0.3, -0.25) is 0 Å². The first-order valence-corrected chi connectivity index (χ1v) is 5.46. The van der Waals surface area contributed by atoms with Crippen LogP contribution in [0.3, 0.4) is 0 Å². The molecule has 0 radical (unpaired) electrons. The fraction of sp³-hybridized carbons (Fsp3) is 0.667. The van der Waals surface area contributed by atoms with Crippen molar-refractivity contribution in [3.8, 4) is 0 Å². The summed E-state index contributed by atoms with van der Waals surface area (Å²) in [6, 6.07) is 0. The Morgan fingerprint density at radius 3 is 2.62 bits per heavy atom. The van der Waals surface area contributed by atoms with E-state index in [-0.39, 0.29) is 0 Å². The number of hydrogen-bond donors (Lipinski definition) is 1. The summed E-state index contributed by atoms with van der Waals surface area (Å²) in [5.41, 5.74) is 1.34. The molecule has 0 aliphatic heterocycles. The standard InChI is InChI=1S/C12H18O/c13-12-9-5-4-8-11(12)10-6-2-1-3-7-10/h5,9-10,13H,1-4,6-8H2.